The lowest BCUT2D eigenvalue weighted by molar-refractivity contribution is -0.141. The van der Waals surface area contributed by atoms with Crippen LogP contribution in [0.1, 0.15) is 78.6 Å². The third-order valence-electron chi connectivity index (χ3n) is 11.3. The maximum Gasteiger partial charge on any atom is 0.408 e. The number of alkyl carbamates (subject to hydrolysis) is 1. The summed E-state index contributed by atoms with van der Waals surface area (Å²) in [6.07, 6.45) is 6.00. The maximum absolute atomic E-state index is 14.9. The third kappa shape index (κ3) is 8.25. The molecule has 3 fully saturated rings. The normalized spacial score (nSPS) is 25.9. The summed E-state index contributed by atoms with van der Waals surface area (Å²) in [6, 6.07) is 7.02. The molecule has 3 N–H and O–H groups in total. The molecule has 8 rings (SSSR count). The highest BCUT2D eigenvalue weighted by molar-refractivity contribution is 7.91. The highest BCUT2D eigenvalue weighted by atomic mass is 32.2. The molecule has 0 spiro atoms. The molecule has 15 nitrogen and oxygen atoms in total. The number of allylic oxidation sites excluding steroid dienone is 1. The van der Waals surface area contributed by atoms with Crippen LogP contribution in [0.3, 0.4) is 0 Å². The topological polar surface area (TPSA) is 195 Å². The summed E-state index contributed by atoms with van der Waals surface area (Å²) in [7, 11) is -2.42. The number of hydrogen-bond acceptors (Lipinski definition) is 11. The highest BCUT2D eigenvalue weighted by Gasteiger charge is 2.62. The Morgan fingerprint density at radius 3 is 2.59 bits per heavy atom. The first-order valence-electron chi connectivity index (χ1n) is 20.1. The van der Waals surface area contributed by atoms with E-state index in [1.165, 1.54) is 30.2 Å². The molecule has 0 radical (unpaired) electrons. The van der Waals surface area contributed by atoms with Crippen LogP contribution in [0.4, 0.5) is 9.18 Å². The summed E-state index contributed by atoms with van der Waals surface area (Å²) < 4.78 is 66.8. The number of halogens is 1. The SMILES string of the molecule is COc1ccc2c(c1)oc1c(O[C@H]3C[C@H]4C(=O)N[C@]5(C(=O)NS(=O)(=O)C6CC6)C[C@H]5/C=C\CCCCC[C@@H](NC(=O)OC(C)(C)C)C(=O)N4C3)c3cc(F)ccc3nc12. The summed E-state index contributed by atoms with van der Waals surface area (Å²) in [5.41, 5.74) is -0.900. The Kier molecular flexibility index (Phi) is 10.5. The van der Waals surface area contributed by atoms with Gasteiger partial charge in [-0.25, -0.2) is 22.6 Å². The minimum Gasteiger partial charge on any atom is -0.497 e. The molecule has 4 heterocycles. The Labute approximate surface area is 340 Å². The van der Waals surface area contributed by atoms with Crippen molar-refractivity contribution in [2.75, 3.05) is 13.7 Å². The van der Waals surface area contributed by atoms with Crippen molar-refractivity contribution in [1.82, 2.24) is 25.2 Å². The summed E-state index contributed by atoms with van der Waals surface area (Å²) in [6.45, 7) is 4.98. The van der Waals surface area contributed by atoms with E-state index in [-0.39, 0.29) is 37.1 Å². The number of pyridine rings is 1. The van der Waals surface area contributed by atoms with Gasteiger partial charge >= 0.3 is 6.09 Å². The number of fused-ring (bicyclic) bond motifs is 6. The molecule has 0 bridgehead atoms. The van der Waals surface area contributed by atoms with Gasteiger partial charge in [-0.05, 0) is 89.6 Å². The van der Waals surface area contributed by atoms with Gasteiger partial charge in [0.05, 0.1) is 24.4 Å². The Morgan fingerprint density at radius 2 is 1.85 bits per heavy atom. The molecule has 4 aromatic rings. The van der Waals surface area contributed by atoms with E-state index in [4.69, 9.17) is 23.6 Å². The Balaban J connectivity index is 1.17. The second-order valence-corrected chi connectivity index (χ2v) is 18.9. The molecule has 2 aliphatic carbocycles. The molecular formula is C42H48FN5O10S. The third-order valence-corrected chi connectivity index (χ3v) is 13.2. The number of carbonyl (C=O) groups is 4. The van der Waals surface area contributed by atoms with Crippen LogP contribution in [0.5, 0.6) is 11.5 Å². The number of ether oxygens (including phenoxy) is 3. The molecule has 2 aromatic heterocycles. The number of nitrogens with zero attached hydrogens (tertiary/aromatic N) is 2. The number of hydrogen-bond donors (Lipinski definition) is 3. The lowest BCUT2D eigenvalue weighted by Crippen LogP contribution is -2.58. The van der Waals surface area contributed by atoms with Gasteiger partial charge in [0.15, 0.2) is 11.3 Å². The maximum atomic E-state index is 14.9. The molecule has 1 saturated heterocycles. The van der Waals surface area contributed by atoms with E-state index >= 15 is 0 Å². The van der Waals surface area contributed by atoms with Crippen molar-refractivity contribution in [3.63, 3.8) is 0 Å². The lowest BCUT2D eigenvalue weighted by atomic mass is 10.0. The molecule has 2 aromatic carbocycles. The Morgan fingerprint density at radius 1 is 1.05 bits per heavy atom. The van der Waals surface area contributed by atoms with Crippen LogP contribution in [0.2, 0.25) is 0 Å². The molecule has 314 valence electrons. The van der Waals surface area contributed by atoms with Crippen LogP contribution >= 0.6 is 0 Å². The number of amides is 4. The van der Waals surface area contributed by atoms with Crippen molar-refractivity contribution in [2.24, 2.45) is 5.92 Å². The first-order chi connectivity index (χ1) is 28.0. The van der Waals surface area contributed by atoms with Crippen molar-refractivity contribution >= 4 is 66.8 Å². The molecule has 17 heteroatoms. The number of carbonyl (C=O) groups excluding carboxylic acids is 4. The van der Waals surface area contributed by atoms with Gasteiger partial charge in [-0.15, -0.1) is 0 Å². The van der Waals surface area contributed by atoms with Crippen LogP contribution in [0.15, 0.2) is 53.0 Å². The van der Waals surface area contributed by atoms with Crippen molar-refractivity contribution in [3.8, 4) is 11.5 Å². The van der Waals surface area contributed by atoms with Gasteiger partial charge in [0.1, 0.15) is 52.0 Å². The fourth-order valence-corrected chi connectivity index (χ4v) is 9.43. The standard InChI is InChI=1S/C42H48FN5O10S/c1-41(2,3)58-40(52)45-31-11-9-7-5-6-8-10-23-21-42(23,39(51)47-59(53,54)27-14-15-27)46-37(49)32-19-26(22-48(32)38(31)50)56-35-29-18-24(43)12-17-30(29)44-34-28-16-13-25(55-4)20-33(28)57-36(34)35/h8,10,12-13,16-18,20,23,26-27,31-32H,5-7,9,11,14-15,19,21-22H2,1-4H3,(H,45,52)(H,46,49)(H,47,51)/b10-8-/t23-,26+,31-,32+,42-/m1/s1. The predicted molar refractivity (Wildman–Crippen MR) is 215 cm³/mol. The minimum atomic E-state index is -3.94. The monoisotopic (exact) mass is 833 g/mol. The first-order valence-corrected chi connectivity index (χ1v) is 21.6. The van der Waals surface area contributed by atoms with Gasteiger partial charge in [-0.1, -0.05) is 25.0 Å². The van der Waals surface area contributed by atoms with Gasteiger partial charge in [-0.2, -0.15) is 0 Å². The molecule has 2 saturated carbocycles. The zero-order valence-electron chi connectivity index (χ0n) is 33.3. The number of furan rings is 1. The largest absolute Gasteiger partial charge is 0.497 e. The quantitative estimate of drug-likeness (QED) is 0.198. The lowest BCUT2D eigenvalue weighted by Gasteiger charge is -2.30. The number of nitrogens with one attached hydrogen (secondary N) is 3. The Bertz CT molecular complexity index is 2500. The second kappa shape index (κ2) is 15.3. The average Bonchev–Trinajstić information content (AvgIpc) is 4.07. The van der Waals surface area contributed by atoms with Gasteiger partial charge in [-0.3, -0.25) is 19.1 Å². The van der Waals surface area contributed by atoms with Crippen molar-refractivity contribution in [2.45, 2.75) is 113 Å². The minimum absolute atomic E-state index is 0.0794. The zero-order chi connectivity index (χ0) is 41.9. The smallest absolute Gasteiger partial charge is 0.408 e. The molecule has 4 amide bonds. The van der Waals surface area contributed by atoms with Crippen molar-refractivity contribution in [3.05, 3.63) is 54.4 Å². The fraction of sp³-hybridized carbons (Fsp3) is 0.500. The molecule has 5 atom stereocenters. The van der Waals surface area contributed by atoms with E-state index in [2.05, 4.69) is 15.4 Å². The molecule has 2 aliphatic heterocycles. The van der Waals surface area contributed by atoms with Crippen LogP contribution in [-0.2, 0) is 29.1 Å². The molecule has 0 unspecified atom stereocenters. The number of methoxy groups -OCH3 is 1. The summed E-state index contributed by atoms with van der Waals surface area (Å²) >= 11 is 0. The van der Waals surface area contributed by atoms with Gasteiger partial charge < -0.3 is 34.2 Å². The van der Waals surface area contributed by atoms with Crippen molar-refractivity contribution < 1.29 is 50.6 Å². The van der Waals surface area contributed by atoms with Crippen LogP contribution in [0.25, 0.3) is 33.0 Å². The van der Waals surface area contributed by atoms with E-state index < -0.39 is 80.2 Å². The average molecular weight is 834 g/mol. The molecule has 4 aliphatic rings. The van der Waals surface area contributed by atoms with Crippen LogP contribution in [-0.4, -0.2) is 90.3 Å². The van der Waals surface area contributed by atoms with Crippen LogP contribution < -0.4 is 24.8 Å². The van der Waals surface area contributed by atoms with E-state index in [1.54, 1.807) is 39.0 Å². The van der Waals surface area contributed by atoms with Crippen molar-refractivity contribution in [1.29, 1.82) is 0 Å². The highest BCUT2D eigenvalue weighted by Crippen LogP contribution is 2.46. The van der Waals surface area contributed by atoms with E-state index in [0.29, 0.717) is 58.8 Å². The van der Waals surface area contributed by atoms with E-state index in [1.807, 2.05) is 12.2 Å². The van der Waals surface area contributed by atoms with Gasteiger partial charge in [0, 0.05) is 29.2 Å². The zero-order valence-corrected chi connectivity index (χ0v) is 34.2. The number of aromatic nitrogens is 1. The second-order valence-electron chi connectivity index (χ2n) is 16.9. The summed E-state index contributed by atoms with van der Waals surface area (Å²) in [4.78, 5) is 62.3. The number of benzene rings is 2. The fourth-order valence-electron chi connectivity index (χ4n) is 8.07. The van der Waals surface area contributed by atoms with Gasteiger partial charge in [0.2, 0.25) is 21.8 Å². The van der Waals surface area contributed by atoms with E-state index in [9.17, 15) is 32.0 Å². The molecule has 59 heavy (non-hydrogen) atoms. The van der Waals surface area contributed by atoms with E-state index in [0.717, 1.165) is 12.8 Å². The molecular weight excluding hydrogens is 786 g/mol. The Hall–Kier alpha value is -5.45. The van der Waals surface area contributed by atoms with Crippen LogP contribution in [0, 0.1) is 11.7 Å². The number of sulfonamides is 1. The summed E-state index contributed by atoms with van der Waals surface area (Å²) in [5, 5.41) is 5.88. The first kappa shape index (κ1) is 40.3. The number of rotatable bonds is 7. The summed E-state index contributed by atoms with van der Waals surface area (Å²) in [5.74, 6) is -2.44. The van der Waals surface area contributed by atoms with Gasteiger partial charge in [0.25, 0.3) is 5.91 Å². The predicted octanol–water partition coefficient (Wildman–Crippen LogP) is 5.53.